The van der Waals surface area contributed by atoms with Gasteiger partial charge in [-0.3, -0.25) is 0 Å². The summed E-state index contributed by atoms with van der Waals surface area (Å²) < 4.78 is 7.11. The van der Waals surface area contributed by atoms with Gasteiger partial charge in [-0.25, -0.2) is 9.67 Å². The van der Waals surface area contributed by atoms with Gasteiger partial charge in [0, 0.05) is 0 Å². The van der Waals surface area contributed by atoms with E-state index in [1.807, 2.05) is 17.5 Å². The second kappa shape index (κ2) is 4.91. The molecule has 3 rings (SSSR count). The number of aromatic nitrogens is 4. The summed E-state index contributed by atoms with van der Waals surface area (Å²) in [6.07, 6.45) is 3.43. The van der Waals surface area contributed by atoms with Crippen LogP contribution in [0, 0.1) is 0 Å². The fourth-order valence-corrected chi connectivity index (χ4v) is 2.31. The normalized spacial score (nSPS) is 10.9. The zero-order chi connectivity index (χ0) is 12.4. The van der Waals surface area contributed by atoms with Crippen molar-refractivity contribution in [2.75, 3.05) is 0 Å². The SMILES string of the molecule is ClCc1cn(Cc2coc(-c3cccs3)n2)nn1. The quantitative estimate of drug-likeness (QED) is 0.690. The van der Waals surface area contributed by atoms with Gasteiger partial charge in [-0.1, -0.05) is 11.3 Å². The number of hydrogen-bond acceptors (Lipinski definition) is 5. The highest BCUT2D eigenvalue weighted by molar-refractivity contribution is 7.13. The lowest BCUT2D eigenvalue weighted by Gasteiger charge is -1.93. The first-order chi connectivity index (χ1) is 8.85. The molecule has 7 heteroatoms. The summed E-state index contributed by atoms with van der Waals surface area (Å²) in [5, 5.41) is 9.86. The van der Waals surface area contributed by atoms with Gasteiger partial charge in [0.25, 0.3) is 0 Å². The summed E-state index contributed by atoms with van der Waals surface area (Å²) in [6, 6.07) is 3.94. The summed E-state index contributed by atoms with van der Waals surface area (Å²) >= 11 is 7.26. The monoisotopic (exact) mass is 280 g/mol. The highest BCUT2D eigenvalue weighted by Gasteiger charge is 2.08. The minimum atomic E-state index is 0.360. The van der Waals surface area contributed by atoms with E-state index in [0.29, 0.717) is 18.3 Å². The Balaban J connectivity index is 1.77. The van der Waals surface area contributed by atoms with Gasteiger partial charge in [-0.15, -0.1) is 28.0 Å². The molecule has 92 valence electrons. The van der Waals surface area contributed by atoms with Crippen molar-refractivity contribution in [1.29, 1.82) is 0 Å². The van der Waals surface area contributed by atoms with Gasteiger partial charge in [0.1, 0.15) is 12.0 Å². The van der Waals surface area contributed by atoms with E-state index in [-0.39, 0.29) is 0 Å². The second-order valence-corrected chi connectivity index (χ2v) is 4.88. The molecule has 3 aromatic heterocycles. The van der Waals surface area contributed by atoms with Gasteiger partial charge < -0.3 is 4.42 Å². The van der Waals surface area contributed by atoms with Crippen LogP contribution < -0.4 is 0 Å². The van der Waals surface area contributed by atoms with Crippen molar-refractivity contribution >= 4 is 22.9 Å². The maximum Gasteiger partial charge on any atom is 0.236 e. The Morgan fingerprint density at radius 3 is 3.06 bits per heavy atom. The van der Waals surface area contributed by atoms with Crippen molar-refractivity contribution in [3.8, 4) is 10.8 Å². The van der Waals surface area contributed by atoms with Gasteiger partial charge in [0.2, 0.25) is 5.89 Å². The molecule has 0 aliphatic carbocycles. The molecule has 0 amide bonds. The standard InChI is InChI=1S/C11H9ClN4OS/c12-4-8-5-16(15-14-8)6-9-7-17-11(13-9)10-2-1-3-18-10/h1-3,5,7H,4,6H2. The fourth-order valence-electron chi connectivity index (χ4n) is 1.54. The lowest BCUT2D eigenvalue weighted by molar-refractivity contribution is 0.569. The van der Waals surface area contributed by atoms with Crippen molar-refractivity contribution in [3.63, 3.8) is 0 Å². The van der Waals surface area contributed by atoms with E-state index in [0.717, 1.165) is 16.3 Å². The predicted octanol–water partition coefficient (Wildman–Crippen LogP) is 2.78. The summed E-state index contributed by atoms with van der Waals surface area (Å²) in [6.45, 7) is 0.527. The van der Waals surface area contributed by atoms with Crippen LogP contribution in [0.4, 0.5) is 0 Å². The topological polar surface area (TPSA) is 56.7 Å². The largest absolute Gasteiger partial charge is 0.443 e. The molecule has 0 aromatic carbocycles. The van der Waals surface area contributed by atoms with Crippen LogP contribution in [0.5, 0.6) is 0 Å². The van der Waals surface area contributed by atoms with Crippen LogP contribution in [0.25, 0.3) is 10.8 Å². The average molecular weight is 281 g/mol. The molecule has 0 atom stereocenters. The summed E-state index contributed by atoms with van der Waals surface area (Å²) in [7, 11) is 0. The van der Waals surface area contributed by atoms with Crippen molar-refractivity contribution in [2.45, 2.75) is 12.4 Å². The molecule has 0 N–H and O–H groups in total. The number of oxazole rings is 1. The van der Waals surface area contributed by atoms with Crippen molar-refractivity contribution in [3.05, 3.63) is 41.4 Å². The summed E-state index contributed by atoms with van der Waals surface area (Å²) in [4.78, 5) is 5.42. The molecule has 3 heterocycles. The maximum absolute atomic E-state index is 5.67. The minimum Gasteiger partial charge on any atom is -0.443 e. The van der Waals surface area contributed by atoms with Crippen LogP contribution in [0.15, 0.2) is 34.4 Å². The lowest BCUT2D eigenvalue weighted by atomic mass is 10.4. The van der Waals surface area contributed by atoms with Crippen LogP contribution in [-0.2, 0) is 12.4 Å². The van der Waals surface area contributed by atoms with E-state index in [1.165, 1.54) is 0 Å². The molecule has 0 unspecified atom stereocenters. The number of thiophene rings is 1. The smallest absolute Gasteiger partial charge is 0.236 e. The molecule has 5 nitrogen and oxygen atoms in total. The highest BCUT2D eigenvalue weighted by Crippen LogP contribution is 2.23. The van der Waals surface area contributed by atoms with Crippen LogP contribution in [0.2, 0.25) is 0 Å². The molecule has 0 radical (unpaired) electrons. The molecule has 0 saturated heterocycles. The third-order valence-electron chi connectivity index (χ3n) is 2.33. The molecule has 0 fully saturated rings. The first-order valence-electron chi connectivity index (χ1n) is 5.28. The van der Waals surface area contributed by atoms with Gasteiger partial charge in [-0.05, 0) is 11.4 Å². The average Bonchev–Trinajstić information content (AvgIpc) is 3.10. The molecule has 0 spiro atoms. The van der Waals surface area contributed by atoms with Crippen molar-refractivity contribution in [1.82, 2.24) is 20.0 Å². The third-order valence-corrected chi connectivity index (χ3v) is 3.46. The highest BCUT2D eigenvalue weighted by atomic mass is 35.5. The summed E-state index contributed by atoms with van der Waals surface area (Å²) in [5.74, 6) is 0.997. The predicted molar refractivity (Wildman–Crippen MR) is 68.5 cm³/mol. The zero-order valence-corrected chi connectivity index (χ0v) is 10.9. The van der Waals surface area contributed by atoms with Gasteiger partial charge in [0.15, 0.2) is 0 Å². The van der Waals surface area contributed by atoms with Crippen molar-refractivity contribution in [2.24, 2.45) is 0 Å². The third kappa shape index (κ3) is 2.30. The van der Waals surface area contributed by atoms with Crippen LogP contribution in [-0.4, -0.2) is 20.0 Å². The number of rotatable bonds is 4. The van der Waals surface area contributed by atoms with Crippen LogP contribution in [0.3, 0.4) is 0 Å². The number of alkyl halides is 1. The first-order valence-corrected chi connectivity index (χ1v) is 6.70. The Morgan fingerprint density at radius 1 is 1.39 bits per heavy atom. The first kappa shape index (κ1) is 11.4. The van der Waals surface area contributed by atoms with Gasteiger partial charge in [-0.2, -0.15) is 0 Å². The molecule has 3 aromatic rings. The van der Waals surface area contributed by atoms with Crippen LogP contribution in [0.1, 0.15) is 11.4 Å². The molecular formula is C11H9ClN4OS. The van der Waals surface area contributed by atoms with E-state index < -0.39 is 0 Å². The Morgan fingerprint density at radius 2 is 2.33 bits per heavy atom. The molecule has 0 saturated carbocycles. The van der Waals surface area contributed by atoms with E-state index in [1.54, 1.807) is 28.5 Å². The summed E-state index contributed by atoms with van der Waals surface area (Å²) in [5.41, 5.74) is 1.56. The zero-order valence-electron chi connectivity index (χ0n) is 9.28. The second-order valence-electron chi connectivity index (χ2n) is 3.66. The lowest BCUT2D eigenvalue weighted by Crippen LogP contribution is -2.00. The molecule has 18 heavy (non-hydrogen) atoms. The van der Waals surface area contributed by atoms with E-state index in [2.05, 4.69) is 15.3 Å². The van der Waals surface area contributed by atoms with E-state index >= 15 is 0 Å². The van der Waals surface area contributed by atoms with E-state index in [4.69, 9.17) is 16.0 Å². The Hall–Kier alpha value is -1.66. The van der Waals surface area contributed by atoms with Gasteiger partial charge in [0.05, 0.1) is 29.2 Å². The molecular weight excluding hydrogens is 272 g/mol. The number of halogens is 1. The Kier molecular flexibility index (Phi) is 3.12. The minimum absolute atomic E-state index is 0.360. The fraction of sp³-hybridized carbons (Fsp3) is 0.182. The molecule has 0 bridgehead atoms. The number of hydrogen-bond donors (Lipinski definition) is 0. The Labute approximate surface area is 112 Å². The maximum atomic E-state index is 5.67. The number of nitrogens with zero attached hydrogens (tertiary/aromatic N) is 4. The van der Waals surface area contributed by atoms with Crippen LogP contribution >= 0.6 is 22.9 Å². The Bertz CT molecular complexity index is 631. The molecule has 0 aliphatic rings. The molecule has 0 aliphatic heterocycles. The van der Waals surface area contributed by atoms with Gasteiger partial charge >= 0.3 is 0 Å². The van der Waals surface area contributed by atoms with E-state index in [9.17, 15) is 0 Å². The van der Waals surface area contributed by atoms with Crippen molar-refractivity contribution < 1.29 is 4.42 Å².